The molecule has 0 spiro atoms. The Labute approximate surface area is 115 Å². The van der Waals surface area contributed by atoms with Crippen molar-refractivity contribution in [2.45, 2.75) is 13.8 Å². The van der Waals surface area contributed by atoms with Gasteiger partial charge in [-0.2, -0.15) is 0 Å². The number of amides is 2. The molecule has 2 rings (SSSR count). The molecular weight excluding hydrogens is 260 g/mol. The zero-order chi connectivity index (χ0) is 13.8. The van der Waals surface area contributed by atoms with Gasteiger partial charge in [0.25, 0.3) is 5.91 Å². The number of rotatable bonds is 4. The van der Waals surface area contributed by atoms with Crippen molar-refractivity contribution in [3.8, 4) is 0 Å². The van der Waals surface area contributed by atoms with E-state index in [9.17, 15) is 9.59 Å². The van der Waals surface area contributed by atoms with Gasteiger partial charge in [0.1, 0.15) is 0 Å². The van der Waals surface area contributed by atoms with Crippen LogP contribution in [0.15, 0.2) is 24.3 Å². The number of hydrogen-bond donors (Lipinski definition) is 2. The molecule has 0 atom stereocenters. The summed E-state index contributed by atoms with van der Waals surface area (Å²) in [6, 6.07) is 7.98. The third-order valence-electron chi connectivity index (χ3n) is 2.83. The van der Waals surface area contributed by atoms with Crippen LogP contribution in [0, 0.1) is 6.92 Å². The summed E-state index contributed by atoms with van der Waals surface area (Å²) < 4.78 is 1.12. The first-order chi connectivity index (χ1) is 9.09. The SMILES string of the molecule is CC(=O)NCCNC(=O)c1sc2ccccc2c1C. The molecule has 0 aliphatic carbocycles. The van der Waals surface area contributed by atoms with Crippen LogP contribution in [-0.2, 0) is 4.79 Å². The Morgan fingerprint density at radius 1 is 1.16 bits per heavy atom. The third kappa shape index (κ3) is 3.12. The van der Waals surface area contributed by atoms with Gasteiger partial charge in [0, 0.05) is 24.7 Å². The Morgan fingerprint density at radius 3 is 2.53 bits per heavy atom. The van der Waals surface area contributed by atoms with Crippen molar-refractivity contribution in [1.82, 2.24) is 10.6 Å². The highest BCUT2D eigenvalue weighted by Crippen LogP contribution is 2.30. The normalized spacial score (nSPS) is 10.4. The maximum atomic E-state index is 12.1. The Kier molecular flexibility index (Phi) is 4.16. The van der Waals surface area contributed by atoms with Crippen molar-refractivity contribution >= 4 is 33.2 Å². The maximum absolute atomic E-state index is 12.1. The van der Waals surface area contributed by atoms with Crippen LogP contribution >= 0.6 is 11.3 Å². The van der Waals surface area contributed by atoms with Gasteiger partial charge < -0.3 is 10.6 Å². The predicted molar refractivity (Wildman–Crippen MR) is 77.6 cm³/mol. The number of hydrogen-bond acceptors (Lipinski definition) is 3. The molecule has 0 fully saturated rings. The van der Waals surface area contributed by atoms with E-state index in [1.54, 1.807) is 0 Å². The fourth-order valence-electron chi connectivity index (χ4n) is 1.89. The molecule has 2 N–H and O–H groups in total. The number of benzene rings is 1. The van der Waals surface area contributed by atoms with E-state index >= 15 is 0 Å². The van der Waals surface area contributed by atoms with Crippen molar-refractivity contribution in [2.75, 3.05) is 13.1 Å². The first kappa shape index (κ1) is 13.5. The van der Waals surface area contributed by atoms with E-state index in [4.69, 9.17) is 0 Å². The highest BCUT2D eigenvalue weighted by Gasteiger charge is 2.14. The summed E-state index contributed by atoms with van der Waals surface area (Å²) in [4.78, 5) is 23.5. The third-order valence-corrected chi connectivity index (χ3v) is 4.11. The van der Waals surface area contributed by atoms with E-state index in [0.29, 0.717) is 13.1 Å². The minimum atomic E-state index is -0.0905. The monoisotopic (exact) mass is 276 g/mol. The van der Waals surface area contributed by atoms with E-state index in [1.807, 2.05) is 31.2 Å². The van der Waals surface area contributed by atoms with Crippen LogP contribution in [0.3, 0.4) is 0 Å². The molecule has 0 unspecified atom stereocenters. The molecule has 0 aliphatic heterocycles. The average molecular weight is 276 g/mol. The van der Waals surface area contributed by atoms with Crippen LogP contribution in [0.2, 0.25) is 0 Å². The van der Waals surface area contributed by atoms with Gasteiger partial charge in [0.15, 0.2) is 0 Å². The van der Waals surface area contributed by atoms with Crippen LogP contribution in [0.4, 0.5) is 0 Å². The molecule has 1 heterocycles. The smallest absolute Gasteiger partial charge is 0.261 e. The summed E-state index contributed by atoms with van der Waals surface area (Å²) in [6.07, 6.45) is 0. The van der Waals surface area contributed by atoms with Crippen molar-refractivity contribution in [1.29, 1.82) is 0 Å². The Bertz CT molecular complexity index is 619. The lowest BCUT2D eigenvalue weighted by Crippen LogP contribution is -2.33. The molecule has 100 valence electrons. The fourth-order valence-corrected chi connectivity index (χ4v) is 3.01. The van der Waals surface area contributed by atoms with Gasteiger partial charge in [0.2, 0.25) is 5.91 Å². The molecule has 0 radical (unpaired) electrons. The molecule has 2 aromatic rings. The van der Waals surface area contributed by atoms with Crippen LogP contribution < -0.4 is 10.6 Å². The van der Waals surface area contributed by atoms with Gasteiger partial charge in [-0.3, -0.25) is 9.59 Å². The van der Waals surface area contributed by atoms with Crippen LogP contribution in [-0.4, -0.2) is 24.9 Å². The summed E-state index contributed by atoms with van der Waals surface area (Å²) in [7, 11) is 0. The maximum Gasteiger partial charge on any atom is 0.261 e. The van der Waals surface area contributed by atoms with Gasteiger partial charge >= 0.3 is 0 Å². The molecule has 4 nitrogen and oxygen atoms in total. The molecule has 5 heteroatoms. The molecule has 0 saturated carbocycles. The molecule has 1 aromatic carbocycles. The van der Waals surface area contributed by atoms with Crippen LogP contribution in [0.25, 0.3) is 10.1 Å². The minimum Gasteiger partial charge on any atom is -0.355 e. The molecular formula is C14H16N2O2S. The Hall–Kier alpha value is -1.88. The second-order valence-electron chi connectivity index (χ2n) is 4.29. The van der Waals surface area contributed by atoms with Crippen molar-refractivity contribution in [2.24, 2.45) is 0 Å². The molecule has 2 amide bonds. The summed E-state index contributed by atoms with van der Waals surface area (Å²) in [6.45, 7) is 4.30. The summed E-state index contributed by atoms with van der Waals surface area (Å²) in [5.74, 6) is -0.170. The van der Waals surface area contributed by atoms with E-state index in [0.717, 1.165) is 20.5 Å². The van der Waals surface area contributed by atoms with E-state index in [2.05, 4.69) is 10.6 Å². The highest BCUT2D eigenvalue weighted by molar-refractivity contribution is 7.21. The first-order valence-electron chi connectivity index (χ1n) is 6.10. The van der Waals surface area contributed by atoms with Crippen molar-refractivity contribution < 1.29 is 9.59 Å². The molecule has 0 aliphatic rings. The number of carbonyl (C=O) groups excluding carboxylic acids is 2. The number of nitrogens with one attached hydrogen (secondary N) is 2. The second-order valence-corrected chi connectivity index (χ2v) is 5.34. The molecule has 1 aromatic heterocycles. The van der Waals surface area contributed by atoms with Crippen molar-refractivity contribution in [3.63, 3.8) is 0 Å². The lowest BCUT2D eigenvalue weighted by molar-refractivity contribution is -0.118. The zero-order valence-electron chi connectivity index (χ0n) is 10.9. The van der Waals surface area contributed by atoms with Crippen molar-refractivity contribution in [3.05, 3.63) is 34.7 Å². The average Bonchev–Trinajstić information content (AvgIpc) is 2.72. The van der Waals surface area contributed by atoms with E-state index in [-0.39, 0.29) is 11.8 Å². The quantitative estimate of drug-likeness (QED) is 0.840. The molecule has 19 heavy (non-hydrogen) atoms. The minimum absolute atomic E-state index is 0.0796. The van der Waals surface area contributed by atoms with Gasteiger partial charge in [0.05, 0.1) is 4.88 Å². The molecule has 0 saturated heterocycles. The van der Waals surface area contributed by atoms with Crippen LogP contribution in [0.1, 0.15) is 22.2 Å². The van der Waals surface area contributed by atoms with Gasteiger partial charge in [-0.15, -0.1) is 11.3 Å². The fraction of sp³-hybridized carbons (Fsp3) is 0.286. The number of fused-ring (bicyclic) bond motifs is 1. The van der Waals surface area contributed by atoms with Crippen LogP contribution in [0.5, 0.6) is 0 Å². The number of carbonyl (C=O) groups is 2. The summed E-state index contributed by atoms with van der Waals surface area (Å²) in [5, 5.41) is 6.58. The van der Waals surface area contributed by atoms with Gasteiger partial charge in [-0.05, 0) is 23.9 Å². The first-order valence-corrected chi connectivity index (χ1v) is 6.92. The standard InChI is InChI=1S/C14H16N2O2S/c1-9-11-5-3-4-6-12(11)19-13(9)14(18)16-8-7-15-10(2)17/h3-6H,7-8H2,1-2H3,(H,15,17)(H,16,18). The highest BCUT2D eigenvalue weighted by atomic mass is 32.1. The zero-order valence-corrected chi connectivity index (χ0v) is 11.8. The number of thiophene rings is 1. The second kappa shape index (κ2) is 5.84. The summed E-state index contributed by atoms with van der Waals surface area (Å²) in [5.41, 5.74) is 1.01. The number of aryl methyl sites for hydroxylation is 1. The Balaban J connectivity index is 2.05. The summed E-state index contributed by atoms with van der Waals surface area (Å²) >= 11 is 1.50. The van der Waals surface area contributed by atoms with Gasteiger partial charge in [-0.25, -0.2) is 0 Å². The topological polar surface area (TPSA) is 58.2 Å². The predicted octanol–water partition coefficient (Wildman–Crippen LogP) is 2.08. The lowest BCUT2D eigenvalue weighted by atomic mass is 10.1. The largest absolute Gasteiger partial charge is 0.355 e. The molecule has 0 bridgehead atoms. The van der Waals surface area contributed by atoms with E-state index < -0.39 is 0 Å². The van der Waals surface area contributed by atoms with E-state index in [1.165, 1.54) is 18.3 Å². The lowest BCUT2D eigenvalue weighted by Gasteiger charge is -2.04. The Morgan fingerprint density at radius 2 is 1.84 bits per heavy atom. The van der Waals surface area contributed by atoms with Gasteiger partial charge in [-0.1, -0.05) is 18.2 Å².